The van der Waals surface area contributed by atoms with Crippen molar-refractivity contribution in [3.63, 3.8) is 0 Å². The number of sulfonamides is 1. The SMILES string of the molecule is Cn1ccc2c([C@@H](NS(=O)(=O)C(C)(C)C)c3cn(C4(C(F)F)CC4)nn3)cccc2c1=O. The molecule has 0 aliphatic heterocycles. The molecule has 1 aliphatic carbocycles. The van der Waals surface area contributed by atoms with Crippen molar-refractivity contribution in [3.8, 4) is 0 Å². The Morgan fingerprint density at radius 3 is 2.44 bits per heavy atom. The maximum absolute atomic E-state index is 13.6. The third-order valence-electron chi connectivity index (χ3n) is 5.98. The molecule has 4 rings (SSSR count). The average molecular weight is 466 g/mol. The van der Waals surface area contributed by atoms with E-state index in [2.05, 4.69) is 15.0 Å². The van der Waals surface area contributed by atoms with Gasteiger partial charge in [0, 0.05) is 18.6 Å². The number of rotatable bonds is 6. The van der Waals surface area contributed by atoms with Gasteiger partial charge in [-0.15, -0.1) is 5.10 Å². The van der Waals surface area contributed by atoms with E-state index in [9.17, 15) is 22.0 Å². The molecular weight excluding hydrogens is 440 g/mol. The van der Waals surface area contributed by atoms with E-state index in [0.717, 1.165) is 4.68 Å². The number of aryl methyl sites for hydroxylation is 1. The normalized spacial score (nSPS) is 17.1. The smallest absolute Gasteiger partial charge is 0.263 e. The van der Waals surface area contributed by atoms with Gasteiger partial charge in [-0.1, -0.05) is 17.3 Å². The summed E-state index contributed by atoms with van der Waals surface area (Å²) >= 11 is 0. The monoisotopic (exact) mass is 465 g/mol. The molecule has 0 amide bonds. The van der Waals surface area contributed by atoms with Gasteiger partial charge < -0.3 is 4.57 Å². The molecule has 2 aromatic heterocycles. The van der Waals surface area contributed by atoms with E-state index in [0.29, 0.717) is 16.3 Å². The van der Waals surface area contributed by atoms with E-state index in [1.807, 2.05) is 0 Å². The number of hydrogen-bond donors (Lipinski definition) is 1. The first-order valence-electron chi connectivity index (χ1n) is 10.2. The van der Waals surface area contributed by atoms with E-state index in [1.54, 1.807) is 58.3 Å². The highest BCUT2D eigenvalue weighted by Gasteiger charge is 2.54. The fraction of sp³-hybridized carbons (Fsp3) is 0.476. The Morgan fingerprint density at radius 2 is 1.84 bits per heavy atom. The molecule has 0 bridgehead atoms. The van der Waals surface area contributed by atoms with Gasteiger partial charge in [0.15, 0.2) is 0 Å². The third kappa shape index (κ3) is 3.62. The molecule has 1 aromatic carbocycles. The predicted octanol–water partition coefficient (Wildman–Crippen LogP) is 2.69. The molecule has 1 aliphatic rings. The molecule has 1 atom stereocenters. The standard InChI is InChI=1S/C21H25F2N5O3S/c1-20(2,3)32(30,31)25-17(16-12-28(26-24-16)21(9-10-21)19(22)23)14-6-5-7-15-13(14)8-11-27(4)18(15)29/h5-8,11-12,17,19,25H,9-10H2,1-4H3/t17-/m1/s1. The van der Waals surface area contributed by atoms with Crippen LogP contribution in [-0.4, -0.2) is 39.2 Å². The fourth-order valence-corrected chi connectivity index (χ4v) is 4.48. The number of halogens is 2. The first kappa shape index (κ1) is 22.5. The Hall–Kier alpha value is -2.66. The van der Waals surface area contributed by atoms with Gasteiger partial charge >= 0.3 is 0 Å². The van der Waals surface area contributed by atoms with Crippen molar-refractivity contribution in [1.82, 2.24) is 24.3 Å². The lowest BCUT2D eigenvalue weighted by Gasteiger charge is -2.25. The highest BCUT2D eigenvalue weighted by Crippen LogP contribution is 2.48. The minimum atomic E-state index is -3.87. The summed E-state index contributed by atoms with van der Waals surface area (Å²) in [5, 5.41) is 8.92. The topological polar surface area (TPSA) is 98.9 Å². The van der Waals surface area contributed by atoms with Crippen LogP contribution >= 0.6 is 0 Å². The van der Waals surface area contributed by atoms with Gasteiger partial charge in [-0.2, -0.15) is 0 Å². The Morgan fingerprint density at radius 1 is 1.16 bits per heavy atom. The summed E-state index contributed by atoms with van der Waals surface area (Å²) in [5.74, 6) is 0. The zero-order chi connectivity index (χ0) is 23.5. The summed E-state index contributed by atoms with van der Waals surface area (Å²) in [5.41, 5.74) is -0.965. The van der Waals surface area contributed by atoms with Crippen molar-refractivity contribution in [2.24, 2.45) is 7.05 Å². The fourth-order valence-electron chi connectivity index (χ4n) is 3.57. The predicted molar refractivity (Wildman–Crippen MR) is 116 cm³/mol. The lowest BCUT2D eigenvalue weighted by atomic mass is 9.98. The highest BCUT2D eigenvalue weighted by atomic mass is 32.2. The van der Waals surface area contributed by atoms with Crippen LogP contribution in [0.2, 0.25) is 0 Å². The molecule has 0 radical (unpaired) electrons. The van der Waals surface area contributed by atoms with Gasteiger partial charge in [-0.25, -0.2) is 26.6 Å². The van der Waals surface area contributed by atoms with Crippen molar-refractivity contribution in [2.45, 2.75) is 56.4 Å². The summed E-state index contributed by atoms with van der Waals surface area (Å²) in [4.78, 5) is 12.6. The molecule has 1 N–H and O–H groups in total. The third-order valence-corrected chi connectivity index (χ3v) is 8.14. The summed E-state index contributed by atoms with van der Waals surface area (Å²) in [6.45, 7) is 4.66. The molecule has 0 saturated heterocycles. The number of benzene rings is 1. The van der Waals surface area contributed by atoms with Crippen LogP contribution in [0, 0.1) is 0 Å². The van der Waals surface area contributed by atoms with Gasteiger partial charge in [0.05, 0.1) is 17.0 Å². The van der Waals surface area contributed by atoms with Crippen molar-refractivity contribution in [3.05, 3.63) is 58.3 Å². The van der Waals surface area contributed by atoms with Crippen LogP contribution in [0.5, 0.6) is 0 Å². The number of hydrogen-bond acceptors (Lipinski definition) is 5. The first-order valence-corrected chi connectivity index (χ1v) is 11.7. The largest absolute Gasteiger partial charge is 0.318 e. The number of aromatic nitrogens is 4. The summed E-state index contributed by atoms with van der Waals surface area (Å²) in [6.07, 6.45) is 0.903. The maximum atomic E-state index is 13.6. The van der Waals surface area contributed by atoms with Gasteiger partial charge in [0.25, 0.3) is 12.0 Å². The highest BCUT2D eigenvalue weighted by molar-refractivity contribution is 7.90. The van der Waals surface area contributed by atoms with Crippen LogP contribution in [0.3, 0.4) is 0 Å². The molecule has 11 heteroatoms. The summed E-state index contributed by atoms with van der Waals surface area (Å²) in [7, 11) is -2.24. The molecule has 3 aromatic rings. The molecule has 2 heterocycles. The zero-order valence-electron chi connectivity index (χ0n) is 18.2. The van der Waals surface area contributed by atoms with Gasteiger partial charge in [0.1, 0.15) is 11.2 Å². The summed E-state index contributed by atoms with van der Waals surface area (Å²) < 4.78 is 57.3. The lowest BCUT2D eigenvalue weighted by molar-refractivity contribution is 0.0593. The summed E-state index contributed by atoms with van der Waals surface area (Å²) in [6, 6.07) is 5.71. The number of nitrogens with zero attached hydrogens (tertiary/aromatic N) is 4. The Labute approximate surface area is 184 Å². The minimum Gasteiger partial charge on any atom is -0.318 e. The maximum Gasteiger partial charge on any atom is 0.263 e. The molecule has 0 spiro atoms. The molecule has 172 valence electrons. The second-order valence-corrected chi connectivity index (χ2v) is 11.7. The van der Waals surface area contributed by atoms with Crippen molar-refractivity contribution in [2.75, 3.05) is 0 Å². The molecule has 0 unspecified atom stereocenters. The van der Waals surface area contributed by atoms with Crippen molar-refractivity contribution < 1.29 is 17.2 Å². The van der Waals surface area contributed by atoms with Gasteiger partial charge in [0.2, 0.25) is 10.0 Å². The molecular formula is C21H25F2N5O3S. The Bertz CT molecular complexity index is 1340. The molecule has 8 nitrogen and oxygen atoms in total. The molecule has 1 fully saturated rings. The number of alkyl halides is 2. The average Bonchev–Trinajstić information content (AvgIpc) is 3.39. The molecule has 32 heavy (non-hydrogen) atoms. The Balaban J connectivity index is 1.89. The van der Waals surface area contributed by atoms with Crippen LogP contribution in [0.25, 0.3) is 10.8 Å². The van der Waals surface area contributed by atoms with E-state index in [-0.39, 0.29) is 24.1 Å². The van der Waals surface area contributed by atoms with Crippen LogP contribution in [0.15, 0.2) is 41.5 Å². The van der Waals surface area contributed by atoms with Crippen LogP contribution < -0.4 is 10.3 Å². The zero-order valence-corrected chi connectivity index (χ0v) is 19.0. The van der Waals surface area contributed by atoms with E-state index in [1.165, 1.54) is 10.8 Å². The minimum absolute atomic E-state index is 0.179. The first-order chi connectivity index (χ1) is 14.9. The second-order valence-electron chi connectivity index (χ2n) is 9.20. The van der Waals surface area contributed by atoms with Gasteiger partial charge in [-0.05, 0) is 56.7 Å². The van der Waals surface area contributed by atoms with E-state index in [4.69, 9.17) is 0 Å². The van der Waals surface area contributed by atoms with E-state index < -0.39 is 32.8 Å². The Kier molecular flexibility index (Phi) is 5.24. The number of fused-ring (bicyclic) bond motifs is 1. The van der Waals surface area contributed by atoms with Crippen molar-refractivity contribution >= 4 is 20.8 Å². The van der Waals surface area contributed by atoms with E-state index >= 15 is 0 Å². The number of nitrogens with one attached hydrogen (secondary N) is 1. The molecule has 1 saturated carbocycles. The van der Waals surface area contributed by atoms with Crippen LogP contribution in [0.4, 0.5) is 8.78 Å². The van der Waals surface area contributed by atoms with Crippen LogP contribution in [0.1, 0.15) is 50.9 Å². The quantitative estimate of drug-likeness (QED) is 0.604. The van der Waals surface area contributed by atoms with Gasteiger partial charge in [-0.3, -0.25) is 4.79 Å². The number of pyridine rings is 1. The lowest BCUT2D eigenvalue weighted by Crippen LogP contribution is -2.41. The second kappa shape index (κ2) is 7.45. The van der Waals surface area contributed by atoms with Crippen molar-refractivity contribution in [1.29, 1.82) is 0 Å². The van der Waals surface area contributed by atoms with Crippen LogP contribution in [-0.2, 0) is 22.6 Å².